The number of benzene rings is 1. The Kier molecular flexibility index (Phi) is 3.02. The molecule has 1 spiro atoms. The number of ether oxygens (including phenoxy) is 1. The van der Waals surface area contributed by atoms with Crippen molar-refractivity contribution in [1.29, 1.82) is 0 Å². The third-order valence-corrected chi connectivity index (χ3v) is 4.58. The highest BCUT2D eigenvalue weighted by Gasteiger charge is 2.54. The van der Waals surface area contributed by atoms with Crippen LogP contribution in [0.1, 0.15) is 25.0 Å². The molecule has 1 saturated carbocycles. The number of carbonyl (C=O) groups excluding carboxylic acids is 2. The summed E-state index contributed by atoms with van der Waals surface area (Å²) in [5.41, 5.74) is 3.91. The molecule has 2 heterocycles. The topological polar surface area (TPSA) is 80.4 Å². The van der Waals surface area contributed by atoms with E-state index in [9.17, 15) is 9.59 Å². The van der Waals surface area contributed by atoms with Gasteiger partial charge in [-0.15, -0.1) is 0 Å². The lowest BCUT2D eigenvalue weighted by molar-refractivity contribution is -0.152. The van der Waals surface area contributed by atoms with Crippen molar-refractivity contribution in [3.8, 4) is 0 Å². The predicted octanol–water partition coefficient (Wildman–Crippen LogP) is 2.08. The van der Waals surface area contributed by atoms with Gasteiger partial charge in [0.15, 0.2) is 0 Å². The summed E-state index contributed by atoms with van der Waals surface area (Å²) in [5, 5.41) is 1.02. The van der Waals surface area contributed by atoms with E-state index in [1.165, 1.54) is 7.11 Å². The molecule has 6 nitrogen and oxygen atoms in total. The normalized spacial score (nSPS) is 19.1. The molecule has 1 aromatic heterocycles. The minimum atomic E-state index is -0.682. The number of nitrogens with one attached hydrogen (secondary N) is 2. The Morgan fingerprint density at radius 3 is 2.78 bits per heavy atom. The molecular weight excluding hydrogens is 296 g/mol. The molecule has 2 aliphatic rings. The summed E-state index contributed by atoms with van der Waals surface area (Å²) in [6, 6.07) is 9.77. The van der Waals surface area contributed by atoms with Gasteiger partial charge in [0.1, 0.15) is 11.2 Å². The fourth-order valence-electron chi connectivity index (χ4n) is 3.40. The van der Waals surface area contributed by atoms with Crippen LogP contribution in [0.2, 0.25) is 0 Å². The zero-order valence-corrected chi connectivity index (χ0v) is 12.6. The number of hydrogen-bond acceptors (Lipinski definition) is 4. The molecular formula is C17H16N2O4. The first-order valence-electron chi connectivity index (χ1n) is 7.54. The summed E-state index contributed by atoms with van der Waals surface area (Å²) in [5.74, 6) is -1.16. The van der Waals surface area contributed by atoms with Crippen LogP contribution in [0.4, 0.5) is 0 Å². The van der Waals surface area contributed by atoms with Gasteiger partial charge in [0.25, 0.3) is 5.91 Å². The Morgan fingerprint density at radius 1 is 1.35 bits per heavy atom. The number of rotatable bonds is 3. The molecule has 0 saturated heterocycles. The molecule has 1 fully saturated rings. The monoisotopic (exact) mass is 312 g/mol. The van der Waals surface area contributed by atoms with Crippen molar-refractivity contribution in [2.75, 3.05) is 7.11 Å². The number of fused-ring (bicyclic) bond motifs is 1. The molecule has 1 aliphatic carbocycles. The fraction of sp³-hybridized carbons (Fsp3) is 0.294. The van der Waals surface area contributed by atoms with E-state index in [2.05, 4.69) is 15.3 Å². The highest BCUT2D eigenvalue weighted by atomic mass is 16.6. The van der Waals surface area contributed by atoms with Gasteiger partial charge in [0, 0.05) is 16.8 Å². The number of aromatic amines is 1. The van der Waals surface area contributed by atoms with Crippen molar-refractivity contribution in [2.45, 2.75) is 24.9 Å². The average Bonchev–Trinajstić information content (AvgIpc) is 3.04. The summed E-state index contributed by atoms with van der Waals surface area (Å²) < 4.78 is 5.58. The Bertz CT molecular complexity index is 812. The van der Waals surface area contributed by atoms with Crippen LogP contribution in [0.3, 0.4) is 0 Å². The number of para-hydroxylation sites is 1. The van der Waals surface area contributed by atoms with Crippen molar-refractivity contribution in [2.24, 2.45) is 0 Å². The summed E-state index contributed by atoms with van der Waals surface area (Å²) >= 11 is 0. The van der Waals surface area contributed by atoms with E-state index in [-0.39, 0.29) is 5.57 Å². The summed E-state index contributed by atoms with van der Waals surface area (Å²) in [7, 11) is 1.33. The Hall–Kier alpha value is -2.60. The molecule has 0 bridgehead atoms. The molecule has 2 aromatic rings. The highest BCUT2D eigenvalue weighted by Crippen LogP contribution is 2.51. The lowest BCUT2D eigenvalue weighted by Gasteiger charge is -2.38. The van der Waals surface area contributed by atoms with Gasteiger partial charge in [-0.05, 0) is 36.8 Å². The smallest absolute Gasteiger partial charge is 0.345 e. The lowest BCUT2D eigenvalue weighted by atomic mass is 9.73. The first-order valence-corrected chi connectivity index (χ1v) is 7.54. The maximum Gasteiger partial charge on any atom is 0.345 e. The summed E-state index contributed by atoms with van der Waals surface area (Å²) in [4.78, 5) is 32.5. The number of aromatic nitrogens is 1. The van der Waals surface area contributed by atoms with E-state index in [1.807, 2.05) is 30.3 Å². The third kappa shape index (κ3) is 1.98. The van der Waals surface area contributed by atoms with E-state index < -0.39 is 17.5 Å². The SMILES string of the molecule is CONC(=O)C1=C(c2cc3ccccc3[nH]2)C2(CCC2)OC1=O. The van der Waals surface area contributed by atoms with Gasteiger partial charge in [0.05, 0.1) is 7.11 Å². The molecule has 4 rings (SSSR count). The Labute approximate surface area is 132 Å². The van der Waals surface area contributed by atoms with Crippen molar-refractivity contribution >= 4 is 28.4 Å². The van der Waals surface area contributed by atoms with Gasteiger partial charge in [-0.1, -0.05) is 18.2 Å². The summed E-state index contributed by atoms with van der Waals surface area (Å²) in [6.45, 7) is 0. The second-order valence-electron chi connectivity index (χ2n) is 5.89. The van der Waals surface area contributed by atoms with E-state index in [0.29, 0.717) is 5.57 Å². The molecule has 0 unspecified atom stereocenters. The molecule has 2 N–H and O–H groups in total. The number of carbonyl (C=O) groups is 2. The first-order chi connectivity index (χ1) is 11.1. The number of H-pyrrole nitrogens is 1. The van der Waals surface area contributed by atoms with Crippen molar-refractivity contribution < 1.29 is 19.2 Å². The number of amides is 1. The zero-order chi connectivity index (χ0) is 16.0. The predicted molar refractivity (Wildman–Crippen MR) is 83.0 cm³/mol. The van der Waals surface area contributed by atoms with Crippen LogP contribution >= 0.6 is 0 Å². The van der Waals surface area contributed by atoms with Crippen LogP contribution in [-0.4, -0.2) is 29.6 Å². The minimum Gasteiger partial charge on any atom is -0.450 e. The average molecular weight is 312 g/mol. The second kappa shape index (κ2) is 4.96. The third-order valence-electron chi connectivity index (χ3n) is 4.58. The maximum atomic E-state index is 12.3. The molecule has 1 aliphatic heterocycles. The summed E-state index contributed by atoms with van der Waals surface area (Å²) in [6.07, 6.45) is 2.43. The van der Waals surface area contributed by atoms with E-state index in [4.69, 9.17) is 4.74 Å². The van der Waals surface area contributed by atoms with Gasteiger partial charge < -0.3 is 9.72 Å². The van der Waals surface area contributed by atoms with Crippen molar-refractivity contribution in [3.63, 3.8) is 0 Å². The second-order valence-corrected chi connectivity index (χ2v) is 5.89. The van der Waals surface area contributed by atoms with Gasteiger partial charge in [0.2, 0.25) is 0 Å². The molecule has 0 atom stereocenters. The van der Waals surface area contributed by atoms with Gasteiger partial charge >= 0.3 is 5.97 Å². The van der Waals surface area contributed by atoms with Gasteiger partial charge in [-0.2, -0.15) is 0 Å². The standard InChI is InChI=1S/C17H16N2O4/c1-22-19-15(20)13-14(17(7-4-8-17)23-16(13)21)12-9-10-5-2-3-6-11(10)18-12/h2-3,5-6,9,18H,4,7-8H2,1H3,(H,19,20). The minimum absolute atomic E-state index is 0.0260. The fourth-order valence-corrected chi connectivity index (χ4v) is 3.40. The maximum absolute atomic E-state index is 12.3. The molecule has 118 valence electrons. The van der Waals surface area contributed by atoms with E-state index in [1.54, 1.807) is 0 Å². The Balaban J connectivity index is 1.91. The van der Waals surface area contributed by atoms with Gasteiger partial charge in [-0.3, -0.25) is 9.63 Å². The van der Waals surface area contributed by atoms with Crippen molar-refractivity contribution in [3.05, 3.63) is 41.6 Å². The highest BCUT2D eigenvalue weighted by molar-refractivity contribution is 6.25. The first kappa shape index (κ1) is 14.0. The van der Waals surface area contributed by atoms with Crippen LogP contribution < -0.4 is 5.48 Å². The van der Waals surface area contributed by atoms with Crippen LogP contribution in [0.5, 0.6) is 0 Å². The quantitative estimate of drug-likeness (QED) is 0.516. The largest absolute Gasteiger partial charge is 0.450 e. The van der Waals surface area contributed by atoms with Crippen LogP contribution in [0.15, 0.2) is 35.9 Å². The number of esters is 1. The number of hydroxylamine groups is 1. The molecule has 1 aromatic carbocycles. The van der Waals surface area contributed by atoms with Crippen LogP contribution in [0.25, 0.3) is 16.5 Å². The zero-order valence-electron chi connectivity index (χ0n) is 12.6. The lowest BCUT2D eigenvalue weighted by Crippen LogP contribution is -2.39. The number of hydrogen-bond donors (Lipinski definition) is 2. The molecule has 1 amide bonds. The van der Waals surface area contributed by atoms with Crippen molar-refractivity contribution in [1.82, 2.24) is 10.5 Å². The molecule has 23 heavy (non-hydrogen) atoms. The molecule has 0 radical (unpaired) electrons. The molecule has 6 heteroatoms. The van der Waals surface area contributed by atoms with Crippen LogP contribution in [0, 0.1) is 0 Å². The van der Waals surface area contributed by atoms with E-state index in [0.717, 1.165) is 35.9 Å². The Morgan fingerprint density at radius 2 is 2.13 bits per heavy atom. The van der Waals surface area contributed by atoms with Gasteiger partial charge in [-0.25, -0.2) is 10.3 Å². The van der Waals surface area contributed by atoms with E-state index >= 15 is 0 Å². The van der Waals surface area contributed by atoms with Crippen LogP contribution in [-0.2, 0) is 19.2 Å².